The van der Waals surface area contributed by atoms with Gasteiger partial charge in [0.25, 0.3) is 5.91 Å². The van der Waals surface area contributed by atoms with Crippen LogP contribution < -0.4 is 0 Å². The first-order chi connectivity index (χ1) is 13.1. The molecule has 6 nitrogen and oxygen atoms in total. The molecule has 0 spiro atoms. The minimum absolute atomic E-state index is 0.0337. The van der Waals surface area contributed by atoms with Gasteiger partial charge in [-0.3, -0.25) is 24.4 Å². The second-order valence-electron chi connectivity index (χ2n) is 7.26. The standard InChI is InChI=1S/C21H28N2O4/c1-2-27-19(25)12-7-6-11-18(24)22-15-8-16-23(22)20(26)21(13-14-21)17-9-4-3-5-10-17/h3-5,9-10H,2,6-8,11-16H2,1H3. The van der Waals surface area contributed by atoms with E-state index in [2.05, 4.69) is 0 Å². The lowest BCUT2D eigenvalue weighted by Gasteiger charge is -2.31. The molecule has 0 aromatic heterocycles. The maximum Gasteiger partial charge on any atom is 0.305 e. The summed E-state index contributed by atoms with van der Waals surface area (Å²) >= 11 is 0. The fourth-order valence-corrected chi connectivity index (χ4v) is 3.75. The molecule has 1 saturated heterocycles. The second kappa shape index (κ2) is 8.55. The maximum absolute atomic E-state index is 13.2. The summed E-state index contributed by atoms with van der Waals surface area (Å²) in [6.45, 7) is 3.35. The highest BCUT2D eigenvalue weighted by molar-refractivity contribution is 5.93. The minimum atomic E-state index is -0.450. The molecule has 1 aliphatic carbocycles. The SMILES string of the molecule is CCOC(=O)CCCCC(=O)N1CCCN1C(=O)C1(c2ccccc2)CC1. The molecule has 2 amide bonds. The molecule has 0 unspecified atom stereocenters. The predicted molar refractivity (Wildman–Crippen MR) is 100 cm³/mol. The molecular formula is C21H28N2O4. The van der Waals surface area contributed by atoms with Gasteiger partial charge in [-0.1, -0.05) is 30.3 Å². The molecule has 1 heterocycles. The Labute approximate surface area is 160 Å². The Balaban J connectivity index is 1.55. The molecule has 6 heteroatoms. The number of hydrogen-bond acceptors (Lipinski definition) is 4. The highest BCUT2D eigenvalue weighted by Gasteiger charge is 2.54. The van der Waals surface area contributed by atoms with Crippen molar-refractivity contribution in [1.29, 1.82) is 0 Å². The van der Waals surface area contributed by atoms with E-state index in [1.54, 1.807) is 16.9 Å². The number of esters is 1. The monoisotopic (exact) mass is 372 g/mol. The molecule has 2 aliphatic rings. The average Bonchev–Trinajstić information content (AvgIpc) is 3.35. The highest BCUT2D eigenvalue weighted by atomic mass is 16.5. The second-order valence-corrected chi connectivity index (χ2v) is 7.26. The number of carbonyl (C=O) groups is 3. The lowest BCUT2D eigenvalue weighted by atomic mass is 9.95. The first-order valence-corrected chi connectivity index (χ1v) is 9.92. The minimum Gasteiger partial charge on any atom is -0.466 e. The Hall–Kier alpha value is -2.37. The molecule has 0 radical (unpaired) electrons. The van der Waals surface area contributed by atoms with Crippen LogP contribution in [0.3, 0.4) is 0 Å². The van der Waals surface area contributed by atoms with Crippen LogP contribution in [0.5, 0.6) is 0 Å². The van der Waals surface area contributed by atoms with Crippen molar-refractivity contribution in [1.82, 2.24) is 10.0 Å². The highest BCUT2D eigenvalue weighted by Crippen LogP contribution is 2.50. The number of hydrogen-bond donors (Lipinski definition) is 0. The zero-order valence-corrected chi connectivity index (χ0v) is 16.0. The van der Waals surface area contributed by atoms with Crippen LogP contribution in [0.15, 0.2) is 30.3 Å². The summed E-state index contributed by atoms with van der Waals surface area (Å²) in [6, 6.07) is 9.87. The molecule has 27 heavy (non-hydrogen) atoms. The summed E-state index contributed by atoms with van der Waals surface area (Å²) in [5, 5.41) is 3.28. The Morgan fingerprint density at radius 1 is 1.00 bits per heavy atom. The van der Waals surface area contributed by atoms with Crippen molar-refractivity contribution in [2.75, 3.05) is 19.7 Å². The van der Waals surface area contributed by atoms with E-state index in [0.717, 1.165) is 24.8 Å². The smallest absolute Gasteiger partial charge is 0.305 e. The molecule has 1 saturated carbocycles. The van der Waals surface area contributed by atoms with Crippen LogP contribution in [0.1, 0.15) is 57.4 Å². The van der Waals surface area contributed by atoms with Crippen molar-refractivity contribution in [2.45, 2.75) is 57.3 Å². The van der Waals surface area contributed by atoms with E-state index in [9.17, 15) is 14.4 Å². The van der Waals surface area contributed by atoms with Gasteiger partial charge in [0.2, 0.25) is 5.91 Å². The Kier molecular flexibility index (Phi) is 6.14. The van der Waals surface area contributed by atoms with Gasteiger partial charge in [-0.25, -0.2) is 0 Å². The fraction of sp³-hybridized carbons (Fsp3) is 0.571. The van der Waals surface area contributed by atoms with E-state index in [1.165, 1.54) is 0 Å². The summed E-state index contributed by atoms with van der Waals surface area (Å²) in [6.07, 6.45) is 4.43. The quantitative estimate of drug-likeness (QED) is 0.520. The van der Waals surface area contributed by atoms with Gasteiger partial charge in [0.1, 0.15) is 0 Å². The third-order valence-electron chi connectivity index (χ3n) is 5.37. The van der Waals surface area contributed by atoms with Crippen LogP contribution in [-0.4, -0.2) is 47.5 Å². The van der Waals surface area contributed by atoms with Crippen molar-refractivity contribution >= 4 is 17.8 Å². The van der Waals surface area contributed by atoms with Crippen LogP contribution in [0, 0.1) is 0 Å². The zero-order chi connectivity index (χ0) is 19.3. The summed E-state index contributed by atoms with van der Waals surface area (Å²) in [7, 11) is 0. The third kappa shape index (κ3) is 4.31. The van der Waals surface area contributed by atoms with Gasteiger partial charge < -0.3 is 4.74 Å². The number of unbranched alkanes of at least 4 members (excludes halogenated alkanes) is 1. The summed E-state index contributed by atoms with van der Waals surface area (Å²) in [4.78, 5) is 37.2. The molecule has 0 atom stereocenters. The number of nitrogens with zero attached hydrogens (tertiary/aromatic N) is 2. The van der Waals surface area contributed by atoms with Crippen molar-refractivity contribution < 1.29 is 19.1 Å². The lowest BCUT2D eigenvalue weighted by molar-refractivity contribution is -0.159. The predicted octanol–water partition coefficient (Wildman–Crippen LogP) is 2.82. The molecule has 1 aliphatic heterocycles. The first kappa shape index (κ1) is 19.4. The number of benzene rings is 1. The van der Waals surface area contributed by atoms with Crippen molar-refractivity contribution in [3.8, 4) is 0 Å². The average molecular weight is 372 g/mol. The Morgan fingerprint density at radius 3 is 2.33 bits per heavy atom. The van der Waals surface area contributed by atoms with Gasteiger partial charge in [0.15, 0.2) is 0 Å². The largest absolute Gasteiger partial charge is 0.466 e. The number of ether oxygens (including phenoxy) is 1. The number of rotatable bonds is 8. The van der Waals surface area contributed by atoms with E-state index in [4.69, 9.17) is 4.74 Å². The van der Waals surface area contributed by atoms with Crippen molar-refractivity contribution in [3.05, 3.63) is 35.9 Å². The van der Waals surface area contributed by atoms with Gasteiger partial charge in [-0.2, -0.15) is 0 Å². The molecule has 2 fully saturated rings. The van der Waals surface area contributed by atoms with Crippen LogP contribution >= 0.6 is 0 Å². The van der Waals surface area contributed by atoms with Gasteiger partial charge >= 0.3 is 5.97 Å². The molecule has 1 aromatic rings. The Bertz CT molecular complexity index is 685. The van der Waals surface area contributed by atoms with Crippen LogP contribution in [0.25, 0.3) is 0 Å². The molecule has 3 rings (SSSR count). The summed E-state index contributed by atoms with van der Waals surface area (Å²) < 4.78 is 4.90. The topological polar surface area (TPSA) is 66.9 Å². The third-order valence-corrected chi connectivity index (χ3v) is 5.37. The van der Waals surface area contributed by atoms with Gasteiger partial charge in [0, 0.05) is 25.9 Å². The number of amides is 2. The molecular weight excluding hydrogens is 344 g/mol. The van der Waals surface area contributed by atoms with Crippen LogP contribution in [0.2, 0.25) is 0 Å². The van der Waals surface area contributed by atoms with E-state index in [1.807, 2.05) is 30.3 Å². The summed E-state index contributed by atoms with van der Waals surface area (Å²) in [5.41, 5.74) is 0.595. The Morgan fingerprint density at radius 2 is 1.67 bits per heavy atom. The molecule has 0 N–H and O–H groups in total. The van der Waals surface area contributed by atoms with E-state index in [0.29, 0.717) is 45.4 Å². The van der Waals surface area contributed by atoms with Crippen molar-refractivity contribution in [3.63, 3.8) is 0 Å². The van der Waals surface area contributed by atoms with E-state index < -0.39 is 5.41 Å². The van der Waals surface area contributed by atoms with Gasteiger partial charge in [-0.15, -0.1) is 0 Å². The summed E-state index contributed by atoms with van der Waals surface area (Å²) in [5.74, 6) is -0.207. The molecule has 0 bridgehead atoms. The maximum atomic E-state index is 13.2. The molecule has 1 aromatic carbocycles. The first-order valence-electron chi connectivity index (χ1n) is 9.92. The van der Waals surface area contributed by atoms with E-state index >= 15 is 0 Å². The van der Waals surface area contributed by atoms with Gasteiger partial charge in [0.05, 0.1) is 12.0 Å². The number of carbonyl (C=O) groups excluding carboxylic acids is 3. The zero-order valence-electron chi connectivity index (χ0n) is 16.0. The lowest BCUT2D eigenvalue weighted by Crippen LogP contribution is -2.48. The van der Waals surface area contributed by atoms with Crippen LogP contribution in [0.4, 0.5) is 0 Å². The van der Waals surface area contributed by atoms with Gasteiger partial charge in [-0.05, 0) is 44.6 Å². The number of hydrazine groups is 1. The fourth-order valence-electron chi connectivity index (χ4n) is 3.75. The normalized spacial score (nSPS) is 17.7. The molecule has 146 valence electrons. The van der Waals surface area contributed by atoms with E-state index in [-0.39, 0.29) is 17.8 Å². The van der Waals surface area contributed by atoms with Crippen molar-refractivity contribution in [2.24, 2.45) is 0 Å². The van der Waals surface area contributed by atoms with Crippen LogP contribution in [-0.2, 0) is 24.5 Å².